The minimum absolute atomic E-state index is 0.422. The third kappa shape index (κ3) is 5.27. The van der Waals surface area contributed by atoms with Gasteiger partial charge in [-0.25, -0.2) is 0 Å². The fourth-order valence-electron chi connectivity index (χ4n) is 2.52. The van der Waals surface area contributed by atoms with Gasteiger partial charge in [-0.3, -0.25) is 0 Å². The van der Waals surface area contributed by atoms with Crippen molar-refractivity contribution in [2.24, 2.45) is 0 Å². The molecule has 1 rings (SSSR count). The lowest BCUT2D eigenvalue weighted by Gasteiger charge is -2.19. The molecule has 1 unspecified atom stereocenters. The van der Waals surface area contributed by atoms with Crippen LogP contribution in [0.2, 0.25) is 0 Å². The lowest BCUT2D eigenvalue weighted by atomic mass is 9.97. The Morgan fingerprint density at radius 2 is 1.84 bits per heavy atom. The molecule has 1 atom stereocenters. The molecule has 0 aliphatic heterocycles. The highest BCUT2D eigenvalue weighted by Crippen LogP contribution is 2.23. The second-order valence-corrected chi connectivity index (χ2v) is 5.29. The van der Waals surface area contributed by atoms with Crippen molar-refractivity contribution < 1.29 is 0 Å². The number of nitrogens with zero attached hydrogens (tertiary/aromatic N) is 2. The van der Waals surface area contributed by atoms with Crippen molar-refractivity contribution in [1.29, 1.82) is 0 Å². The Labute approximate surface area is 118 Å². The van der Waals surface area contributed by atoms with Crippen LogP contribution in [0.15, 0.2) is 6.07 Å². The molecule has 1 N–H and O–H groups in total. The van der Waals surface area contributed by atoms with E-state index in [0.29, 0.717) is 6.04 Å². The molecule has 0 aliphatic rings. The first-order valence-corrected chi connectivity index (χ1v) is 7.73. The van der Waals surface area contributed by atoms with Crippen molar-refractivity contribution in [3.8, 4) is 0 Å². The maximum absolute atomic E-state index is 4.33. The van der Waals surface area contributed by atoms with Crippen molar-refractivity contribution in [2.75, 3.05) is 7.05 Å². The number of hydrogen-bond acceptors (Lipinski definition) is 3. The predicted molar refractivity (Wildman–Crippen MR) is 81.3 cm³/mol. The molecular formula is C16H29N3. The van der Waals surface area contributed by atoms with E-state index in [1.54, 1.807) is 0 Å². The largest absolute Gasteiger partial charge is 0.313 e. The molecule has 1 heterocycles. The average molecular weight is 263 g/mol. The molecule has 0 amide bonds. The third-order valence-electron chi connectivity index (χ3n) is 3.68. The van der Waals surface area contributed by atoms with Crippen LogP contribution < -0.4 is 5.32 Å². The zero-order valence-corrected chi connectivity index (χ0v) is 13.0. The van der Waals surface area contributed by atoms with E-state index in [1.165, 1.54) is 44.1 Å². The van der Waals surface area contributed by atoms with Gasteiger partial charge in [-0.05, 0) is 38.4 Å². The van der Waals surface area contributed by atoms with Crippen LogP contribution in [-0.4, -0.2) is 17.2 Å². The second-order valence-electron chi connectivity index (χ2n) is 5.29. The van der Waals surface area contributed by atoms with E-state index in [9.17, 15) is 0 Å². The maximum atomic E-state index is 4.33. The Morgan fingerprint density at radius 3 is 2.47 bits per heavy atom. The van der Waals surface area contributed by atoms with Crippen molar-refractivity contribution >= 4 is 0 Å². The SMILES string of the molecule is CCCCCCCC(NC)c1cc(C)nnc1CC. The molecule has 0 fully saturated rings. The van der Waals surface area contributed by atoms with Gasteiger partial charge >= 0.3 is 0 Å². The third-order valence-corrected chi connectivity index (χ3v) is 3.68. The van der Waals surface area contributed by atoms with E-state index in [4.69, 9.17) is 0 Å². The Morgan fingerprint density at radius 1 is 1.11 bits per heavy atom. The van der Waals surface area contributed by atoms with Crippen LogP contribution in [0.25, 0.3) is 0 Å². The van der Waals surface area contributed by atoms with Crippen LogP contribution >= 0.6 is 0 Å². The summed E-state index contributed by atoms with van der Waals surface area (Å²) in [6, 6.07) is 2.62. The number of aryl methyl sites for hydroxylation is 2. The van der Waals surface area contributed by atoms with Crippen LogP contribution in [0.3, 0.4) is 0 Å². The van der Waals surface area contributed by atoms with Crippen LogP contribution in [0.4, 0.5) is 0 Å². The molecule has 108 valence electrons. The number of unbranched alkanes of at least 4 members (excludes halogenated alkanes) is 4. The van der Waals surface area contributed by atoms with Crippen LogP contribution in [0, 0.1) is 6.92 Å². The highest BCUT2D eigenvalue weighted by molar-refractivity contribution is 5.24. The van der Waals surface area contributed by atoms with Gasteiger partial charge in [0.25, 0.3) is 0 Å². The monoisotopic (exact) mass is 263 g/mol. The number of rotatable bonds is 9. The van der Waals surface area contributed by atoms with Gasteiger partial charge < -0.3 is 5.32 Å². The van der Waals surface area contributed by atoms with Crippen molar-refractivity contribution in [2.45, 2.75) is 71.8 Å². The van der Waals surface area contributed by atoms with Gasteiger partial charge in [0, 0.05) is 6.04 Å². The van der Waals surface area contributed by atoms with Gasteiger partial charge in [-0.15, -0.1) is 0 Å². The molecule has 1 aromatic heterocycles. The van der Waals surface area contributed by atoms with Gasteiger partial charge in [-0.2, -0.15) is 10.2 Å². The molecule has 0 radical (unpaired) electrons. The fourth-order valence-corrected chi connectivity index (χ4v) is 2.52. The summed E-state index contributed by atoms with van der Waals surface area (Å²) >= 11 is 0. The smallest absolute Gasteiger partial charge is 0.0676 e. The summed E-state index contributed by atoms with van der Waals surface area (Å²) in [6.07, 6.45) is 8.81. The van der Waals surface area contributed by atoms with Crippen molar-refractivity contribution in [3.63, 3.8) is 0 Å². The summed E-state index contributed by atoms with van der Waals surface area (Å²) < 4.78 is 0. The Balaban J connectivity index is 2.60. The Kier molecular flexibility index (Phi) is 7.65. The van der Waals surface area contributed by atoms with Crippen molar-refractivity contribution in [3.05, 3.63) is 23.0 Å². The lowest BCUT2D eigenvalue weighted by Crippen LogP contribution is -2.19. The van der Waals surface area contributed by atoms with E-state index in [2.05, 4.69) is 35.4 Å². The first-order chi connectivity index (χ1) is 9.22. The minimum Gasteiger partial charge on any atom is -0.313 e. The van der Waals surface area contributed by atoms with Gasteiger partial charge in [0.15, 0.2) is 0 Å². The van der Waals surface area contributed by atoms with E-state index in [-0.39, 0.29) is 0 Å². The molecule has 19 heavy (non-hydrogen) atoms. The molecular weight excluding hydrogens is 234 g/mol. The van der Waals surface area contributed by atoms with E-state index in [1.807, 2.05) is 14.0 Å². The van der Waals surface area contributed by atoms with E-state index in [0.717, 1.165) is 17.8 Å². The van der Waals surface area contributed by atoms with Gasteiger partial charge in [0.2, 0.25) is 0 Å². The highest BCUT2D eigenvalue weighted by Gasteiger charge is 2.14. The summed E-state index contributed by atoms with van der Waals surface area (Å²) in [4.78, 5) is 0. The molecule has 0 aliphatic carbocycles. The zero-order valence-electron chi connectivity index (χ0n) is 13.0. The standard InChI is InChI=1S/C16H29N3/c1-5-7-8-9-10-11-16(17-4)14-12-13(3)18-19-15(14)6-2/h12,16-17H,5-11H2,1-4H3. The summed E-state index contributed by atoms with van der Waals surface area (Å²) in [5.41, 5.74) is 3.49. The van der Waals surface area contributed by atoms with Crippen LogP contribution in [0.5, 0.6) is 0 Å². The van der Waals surface area contributed by atoms with Crippen LogP contribution in [0.1, 0.15) is 75.4 Å². The van der Waals surface area contributed by atoms with Gasteiger partial charge in [0.1, 0.15) is 0 Å². The molecule has 0 saturated carbocycles. The normalized spacial score (nSPS) is 12.6. The molecule has 0 aromatic carbocycles. The number of aromatic nitrogens is 2. The van der Waals surface area contributed by atoms with Crippen LogP contribution in [-0.2, 0) is 6.42 Å². The first kappa shape index (κ1) is 16.1. The summed E-state index contributed by atoms with van der Waals surface area (Å²) in [5, 5.41) is 11.9. The topological polar surface area (TPSA) is 37.8 Å². The predicted octanol–water partition coefficient (Wildman–Crippen LogP) is 3.97. The zero-order chi connectivity index (χ0) is 14.1. The van der Waals surface area contributed by atoms with Gasteiger partial charge in [-0.1, -0.05) is 46.0 Å². The molecule has 3 nitrogen and oxygen atoms in total. The van der Waals surface area contributed by atoms with E-state index < -0.39 is 0 Å². The lowest BCUT2D eigenvalue weighted by molar-refractivity contribution is 0.495. The minimum atomic E-state index is 0.422. The number of nitrogens with one attached hydrogen (secondary N) is 1. The van der Waals surface area contributed by atoms with Crippen molar-refractivity contribution in [1.82, 2.24) is 15.5 Å². The quantitative estimate of drug-likeness (QED) is 0.685. The second kappa shape index (κ2) is 9.03. The average Bonchev–Trinajstić information content (AvgIpc) is 2.43. The molecule has 3 heteroatoms. The summed E-state index contributed by atoms with van der Waals surface area (Å²) in [5.74, 6) is 0. The summed E-state index contributed by atoms with van der Waals surface area (Å²) in [6.45, 7) is 6.43. The molecule has 0 spiro atoms. The molecule has 0 bridgehead atoms. The van der Waals surface area contributed by atoms with E-state index >= 15 is 0 Å². The number of hydrogen-bond donors (Lipinski definition) is 1. The Bertz CT molecular complexity index is 363. The first-order valence-electron chi connectivity index (χ1n) is 7.73. The summed E-state index contributed by atoms with van der Waals surface area (Å²) in [7, 11) is 2.05. The fraction of sp³-hybridized carbons (Fsp3) is 0.750. The van der Waals surface area contributed by atoms with Gasteiger partial charge in [0.05, 0.1) is 11.4 Å². The molecule has 0 saturated heterocycles. The highest BCUT2D eigenvalue weighted by atomic mass is 15.1. The molecule has 1 aromatic rings. The Hall–Kier alpha value is -0.960. The maximum Gasteiger partial charge on any atom is 0.0676 e.